The van der Waals surface area contributed by atoms with Gasteiger partial charge in [0.1, 0.15) is 23.4 Å². The van der Waals surface area contributed by atoms with E-state index in [1.807, 2.05) is 0 Å². The number of rotatable bonds is 5. The van der Waals surface area contributed by atoms with Crippen molar-refractivity contribution in [2.45, 2.75) is 18.9 Å². The molecule has 2 aliphatic rings. The first-order valence-corrected chi connectivity index (χ1v) is 12.2. The number of carbonyl (C=O) groups excluding carboxylic acids is 3. The van der Waals surface area contributed by atoms with Crippen LogP contribution in [0.2, 0.25) is 0 Å². The van der Waals surface area contributed by atoms with Crippen molar-refractivity contribution >= 4 is 34.4 Å². The number of benzene rings is 2. The fourth-order valence-corrected chi connectivity index (χ4v) is 4.96. The minimum absolute atomic E-state index is 0.0304. The quantitative estimate of drug-likeness (QED) is 0.376. The molecule has 0 saturated carbocycles. The third-order valence-corrected chi connectivity index (χ3v) is 6.86. The number of aromatic amines is 1. The fraction of sp³-hybridized carbons (Fsp3) is 0.222. The van der Waals surface area contributed by atoms with Gasteiger partial charge in [0.25, 0.3) is 17.7 Å². The average molecular weight is 515 g/mol. The summed E-state index contributed by atoms with van der Waals surface area (Å²) in [6, 6.07) is 11.9. The van der Waals surface area contributed by atoms with Crippen LogP contribution in [0.3, 0.4) is 0 Å². The van der Waals surface area contributed by atoms with Crippen LogP contribution in [-0.4, -0.2) is 57.3 Å². The summed E-state index contributed by atoms with van der Waals surface area (Å²) in [5.74, 6) is -0.703. The predicted octanol–water partition coefficient (Wildman–Crippen LogP) is 2.99. The van der Waals surface area contributed by atoms with Crippen LogP contribution in [0.5, 0.6) is 5.75 Å². The molecule has 0 spiro atoms. The van der Waals surface area contributed by atoms with Crippen molar-refractivity contribution < 1.29 is 23.5 Å². The number of hydrogen-bond donors (Lipinski definition) is 3. The van der Waals surface area contributed by atoms with E-state index >= 15 is 0 Å². The van der Waals surface area contributed by atoms with Crippen molar-refractivity contribution in [1.29, 1.82) is 0 Å². The monoisotopic (exact) mass is 514 g/mol. The molecule has 10 nitrogen and oxygen atoms in total. The average Bonchev–Trinajstić information content (AvgIpc) is 3.59. The Hall–Kier alpha value is -4.80. The molecule has 0 radical (unpaired) electrons. The molecule has 11 heteroatoms. The van der Waals surface area contributed by atoms with E-state index in [-0.39, 0.29) is 42.4 Å². The van der Waals surface area contributed by atoms with Gasteiger partial charge in [-0.3, -0.25) is 14.4 Å². The van der Waals surface area contributed by atoms with Gasteiger partial charge in [-0.15, -0.1) is 0 Å². The van der Waals surface area contributed by atoms with Crippen molar-refractivity contribution in [2.24, 2.45) is 0 Å². The lowest BCUT2D eigenvalue weighted by Crippen LogP contribution is -2.28. The van der Waals surface area contributed by atoms with Crippen LogP contribution < -0.4 is 15.4 Å². The van der Waals surface area contributed by atoms with E-state index in [0.717, 1.165) is 5.56 Å². The number of carbonyl (C=O) groups is 3. The molecular formula is C27H23FN6O4. The van der Waals surface area contributed by atoms with Crippen molar-refractivity contribution in [2.75, 3.05) is 25.0 Å². The van der Waals surface area contributed by atoms with Crippen LogP contribution in [0.25, 0.3) is 11.0 Å². The number of amides is 3. The van der Waals surface area contributed by atoms with Gasteiger partial charge in [0.15, 0.2) is 12.3 Å². The molecule has 1 atom stereocenters. The van der Waals surface area contributed by atoms with Crippen LogP contribution in [0, 0.1) is 5.82 Å². The second-order valence-electron chi connectivity index (χ2n) is 9.26. The molecular weight excluding hydrogens is 491 g/mol. The minimum atomic E-state index is -0.447. The number of aromatic nitrogens is 3. The molecule has 0 bridgehead atoms. The number of anilines is 1. The summed E-state index contributed by atoms with van der Waals surface area (Å²) in [6.07, 6.45) is 3.44. The topological polar surface area (TPSA) is 129 Å². The molecule has 6 rings (SSSR count). The van der Waals surface area contributed by atoms with Crippen LogP contribution in [0.1, 0.15) is 44.3 Å². The van der Waals surface area contributed by atoms with Gasteiger partial charge < -0.3 is 25.3 Å². The second kappa shape index (κ2) is 9.58. The number of H-pyrrole nitrogens is 1. The van der Waals surface area contributed by atoms with E-state index in [1.54, 1.807) is 41.3 Å². The minimum Gasteiger partial charge on any atom is -0.482 e. The van der Waals surface area contributed by atoms with Crippen LogP contribution >= 0.6 is 0 Å². The molecule has 2 aromatic heterocycles. The number of fused-ring (bicyclic) bond motifs is 2. The third-order valence-electron chi connectivity index (χ3n) is 6.86. The summed E-state index contributed by atoms with van der Waals surface area (Å²) in [4.78, 5) is 50.9. The molecule has 3 amide bonds. The molecule has 38 heavy (non-hydrogen) atoms. The molecule has 192 valence electrons. The van der Waals surface area contributed by atoms with E-state index in [4.69, 9.17) is 4.74 Å². The molecule has 2 aliphatic heterocycles. The lowest BCUT2D eigenvalue weighted by Gasteiger charge is -2.18. The molecule has 1 unspecified atom stereocenters. The van der Waals surface area contributed by atoms with Gasteiger partial charge in [-0.1, -0.05) is 24.3 Å². The highest BCUT2D eigenvalue weighted by atomic mass is 19.1. The summed E-state index contributed by atoms with van der Waals surface area (Å²) >= 11 is 0. The molecule has 3 N–H and O–H groups in total. The van der Waals surface area contributed by atoms with Gasteiger partial charge in [-0.2, -0.15) is 0 Å². The third kappa shape index (κ3) is 4.32. The zero-order chi connectivity index (χ0) is 26.2. The summed E-state index contributed by atoms with van der Waals surface area (Å²) < 4.78 is 19.6. The molecule has 4 heterocycles. The Balaban J connectivity index is 1.17. The SMILES string of the molecule is O=C1COc2ccc(CNC(=O)c3ncnc4c(C(=O)N5CCC(c6ccccc6F)C5)c[nH]c34)cc2N1. The van der Waals surface area contributed by atoms with Gasteiger partial charge in [0.05, 0.1) is 16.8 Å². The van der Waals surface area contributed by atoms with Gasteiger partial charge >= 0.3 is 0 Å². The normalized spacial score (nSPS) is 16.6. The van der Waals surface area contributed by atoms with Crippen LogP contribution in [0.15, 0.2) is 55.0 Å². The van der Waals surface area contributed by atoms with Crippen molar-refractivity contribution in [3.05, 3.63) is 83.2 Å². The van der Waals surface area contributed by atoms with Crippen LogP contribution in [-0.2, 0) is 11.3 Å². The van der Waals surface area contributed by atoms with Crippen molar-refractivity contribution in [3.8, 4) is 5.75 Å². The maximum absolute atomic E-state index is 14.2. The highest BCUT2D eigenvalue weighted by Gasteiger charge is 2.31. The van der Waals surface area contributed by atoms with Gasteiger partial charge in [0.2, 0.25) is 0 Å². The van der Waals surface area contributed by atoms with E-state index in [2.05, 4.69) is 25.6 Å². The highest BCUT2D eigenvalue weighted by Crippen LogP contribution is 2.31. The Morgan fingerprint density at radius 1 is 1.18 bits per heavy atom. The highest BCUT2D eigenvalue weighted by molar-refractivity contribution is 6.10. The largest absolute Gasteiger partial charge is 0.482 e. The first kappa shape index (κ1) is 23.6. The van der Waals surface area contributed by atoms with Gasteiger partial charge in [-0.05, 0) is 35.7 Å². The molecule has 0 aliphatic carbocycles. The predicted molar refractivity (Wildman–Crippen MR) is 135 cm³/mol. The number of hydrogen-bond acceptors (Lipinski definition) is 6. The zero-order valence-electron chi connectivity index (χ0n) is 20.2. The Morgan fingerprint density at radius 3 is 2.92 bits per heavy atom. The fourth-order valence-electron chi connectivity index (χ4n) is 4.96. The zero-order valence-corrected chi connectivity index (χ0v) is 20.2. The lowest BCUT2D eigenvalue weighted by atomic mass is 9.98. The molecule has 1 fully saturated rings. The van der Waals surface area contributed by atoms with Crippen molar-refractivity contribution in [3.63, 3.8) is 0 Å². The van der Waals surface area contributed by atoms with E-state index in [0.29, 0.717) is 53.1 Å². The van der Waals surface area contributed by atoms with E-state index in [9.17, 15) is 18.8 Å². The lowest BCUT2D eigenvalue weighted by molar-refractivity contribution is -0.118. The maximum atomic E-state index is 14.2. The summed E-state index contributed by atoms with van der Waals surface area (Å²) in [7, 11) is 0. The number of halogens is 1. The summed E-state index contributed by atoms with van der Waals surface area (Å²) in [6.45, 7) is 1.05. The first-order valence-electron chi connectivity index (χ1n) is 12.2. The number of likely N-dealkylation sites (tertiary alicyclic amines) is 1. The van der Waals surface area contributed by atoms with E-state index in [1.165, 1.54) is 18.6 Å². The molecule has 4 aromatic rings. The van der Waals surface area contributed by atoms with Gasteiger partial charge in [0, 0.05) is 31.7 Å². The Morgan fingerprint density at radius 2 is 2.05 bits per heavy atom. The summed E-state index contributed by atoms with van der Waals surface area (Å²) in [5, 5.41) is 5.55. The first-order chi connectivity index (χ1) is 18.5. The molecule has 1 saturated heterocycles. The summed E-state index contributed by atoms with van der Waals surface area (Å²) in [5.41, 5.74) is 3.04. The second-order valence-corrected chi connectivity index (χ2v) is 9.26. The molecule has 2 aromatic carbocycles. The maximum Gasteiger partial charge on any atom is 0.272 e. The standard InChI is InChI=1S/C27H23FN6O4/c28-19-4-2-1-3-17(19)16-7-8-34(12-16)27(37)18-11-29-24-23(18)31-14-32-25(24)26(36)30-10-15-5-6-21-20(9-15)33-22(35)13-38-21/h1-6,9,11,14,16,29H,7-8,10,12-13H2,(H,30,36)(H,33,35). The Labute approximate surface area is 216 Å². The smallest absolute Gasteiger partial charge is 0.272 e. The van der Waals surface area contributed by atoms with E-state index < -0.39 is 5.91 Å². The van der Waals surface area contributed by atoms with Crippen LogP contribution in [0.4, 0.5) is 10.1 Å². The van der Waals surface area contributed by atoms with Crippen molar-refractivity contribution in [1.82, 2.24) is 25.2 Å². The number of ether oxygens (including phenoxy) is 1. The van der Waals surface area contributed by atoms with Gasteiger partial charge in [-0.25, -0.2) is 14.4 Å². The number of nitrogens with one attached hydrogen (secondary N) is 3. The Bertz CT molecular complexity index is 1590. The Kier molecular flexibility index (Phi) is 5.95. The number of nitrogens with zero attached hydrogens (tertiary/aromatic N) is 3.